The number of hydrogen-bond donors (Lipinski definition) is 4. The van der Waals surface area contributed by atoms with E-state index in [1.54, 1.807) is 56.8 Å². The summed E-state index contributed by atoms with van der Waals surface area (Å²) in [5.41, 5.74) is 1.97. The third kappa shape index (κ3) is 6.57. The van der Waals surface area contributed by atoms with Gasteiger partial charge in [-0.25, -0.2) is 19.7 Å². The van der Waals surface area contributed by atoms with Gasteiger partial charge in [0.2, 0.25) is 0 Å². The molecule has 10 nitrogen and oxygen atoms in total. The van der Waals surface area contributed by atoms with Crippen molar-refractivity contribution in [2.45, 2.75) is 6.92 Å². The van der Waals surface area contributed by atoms with E-state index in [-0.39, 0.29) is 0 Å². The predicted octanol–water partition coefficient (Wildman–Crippen LogP) is 5.33. The topological polar surface area (TPSA) is 122 Å². The molecule has 2 heterocycles. The fourth-order valence-corrected chi connectivity index (χ4v) is 3.22. The van der Waals surface area contributed by atoms with Crippen molar-refractivity contribution < 1.29 is 14.3 Å². The number of rotatable bonds is 8. The number of hydrogen-bond acceptors (Lipinski definition) is 8. The molecule has 0 fully saturated rings. The lowest BCUT2D eigenvalue weighted by atomic mass is 10.2. The molecule has 0 saturated heterocycles. The number of urea groups is 1. The Balaban J connectivity index is 1.38. The minimum absolute atomic E-state index is 0.391. The highest BCUT2D eigenvalue weighted by Crippen LogP contribution is 2.26. The van der Waals surface area contributed by atoms with Crippen LogP contribution in [0.4, 0.5) is 39.3 Å². The summed E-state index contributed by atoms with van der Waals surface area (Å²) in [4.78, 5) is 25.5. The average Bonchev–Trinajstić information content (AvgIpc) is 2.85. The third-order valence-corrected chi connectivity index (χ3v) is 4.78. The predicted molar refractivity (Wildman–Crippen MR) is 136 cm³/mol. The lowest BCUT2D eigenvalue weighted by Gasteiger charge is -2.12. The SMILES string of the molecule is COc1cc(NC(=O)Nc2ccc(Nc3cc(Nc4ccccn4)nc(C)n3)cc2)cc(OC)c1. The van der Waals surface area contributed by atoms with E-state index >= 15 is 0 Å². The Morgan fingerprint density at radius 2 is 1.34 bits per heavy atom. The van der Waals surface area contributed by atoms with Gasteiger partial charge in [0.15, 0.2) is 0 Å². The van der Waals surface area contributed by atoms with Gasteiger partial charge in [0.25, 0.3) is 0 Å². The molecular weight excluding hydrogens is 446 g/mol. The first-order chi connectivity index (χ1) is 17.0. The molecular formula is C25H25N7O3. The molecule has 0 aliphatic carbocycles. The summed E-state index contributed by atoms with van der Waals surface area (Å²) >= 11 is 0. The number of benzene rings is 2. The Morgan fingerprint density at radius 3 is 1.97 bits per heavy atom. The smallest absolute Gasteiger partial charge is 0.323 e. The second-order valence-corrected chi connectivity index (χ2v) is 7.41. The number of carbonyl (C=O) groups excluding carboxylic acids is 1. The van der Waals surface area contributed by atoms with Gasteiger partial charge in [0.1, 0.15) is 34.8 Å². The molecule has 0 radical (unpaired) electrons. The van der Waals surface area contributed by atoms with Gasteiger partial charge in [-0.3, -0.25) is 0 Å². The number of anilines is 6. The van der Waals surface area contributed by atoms with Crippen LogP contribution in [0.1, 0.15) is 5.82 Å². The summed E-state index contributed by atoms with van der Waals surface area (Å²) in [7, 11) is 3.10. The van der Waals surface area contributed by atoms with Crippen LogP contribution in [0.5, 0.6) is 11.5 Å². The minimum Gasteiger partial charge on any atom is -0.497 e. The molecule has 2 amide bonds. The van der Waals surface area contributed by atoms with Gasteiger partial charge in [-0.2, -0.15) is 0 Å². The van der Waals surface area contributed by atoms with Gasteiger partial charge in [-0.15, -0.1) is 0 Å². The van der Waals surface area contributed by atoms with E-state index in [2.05, 4.69) is 36.2 Å². The molecule has 2 aromatic heterocycles. The van der Waals surface area contributed by atoms with E-state index in [1.807, 2.05) is 37.3 Å². The third-order valence-electron chi connectivity index (χ3n) is 4.78. The van der Waals surface area contributed by atoms with E-state index in [0.29, 0.717) is 46.2 Å². The van der Waals surface area contributed by atoms with Crippen molar-refractivity contribution in [1.29, 1.82) is 0 Å². The molecule has 0 aliphatic rings. The molecule has 2 aromatic carbocycles. The number of ether oxygens (including phenoxy) is 2. The number of carbonyl (C=O) groups is 1. The summed E-state index contributed by atoms with van der Waals surface area (Å²) in [6.07, 6.45) is 1.71. The van der Waals surface area contributed by atoms with Crippen LogP contribution in [0.3, 0.4) is 0 Å². The fourth-order valence-electron chi connectivity index (χ4n) is 3.22. The lowest BCUT2D eigenvalue weighted by Crippen LogP contribution is -2.19. The zero-order valence-corrected chi connectivity index (χ0v) is 19.5. The van der Waals surface area contributed by atoms with Crippen molar-refractivity contribution in [2.24, 2.45) is 0 Å². The molecule has 10 heteroatoms. The molecule has 0 spiro atoms. The van der Waals surface area contributed by atoms with Crippen LogP contribution in [0, 0.1) is 6.92 Å². The first-order valence-electron chi connectivity index (χ1n) is 10.7. The maximum Gasteiger partial charge on any atom is 0.323 e. The van der Waals surface area contributed by atoms with E-state index in [4.69, 9.17) is 9.47 Å². The van der Waals surface area contributed by atoms with Crippen LogP contribution in [0.2, 0.25) is 0 Å². The van der Waals surface area contributed by atoms with Crippen LogP contribution >= 0.6 is 0 Å². The monoisotopic (exact) mass is 471 g/mol. The van der Waals surface area contributed by atoms with Crippen molar-refractivity contribution in [2.75, 3.05) is 35.5 Å². The Morgan fingerprint density at radius 1 is 0.714 bits per heavy atom. The molecule has 0 bridgehead atoms. The van der Waals surface area contributed by atoms with E-state index in [9.17, 15) is 4.79 Å². The molecule has 0 atom stereocenters. The number of nitrogens with zero attached hydrogens (tertiary/aromatic N) is 3. The minimum atomic E-state index is -0.391. The van der Waals surface area contributed by atoms with Gasteiger partial charge >= 0.3 is 6.03 Å². The number of aromatic nitrogens is 3. The standard InChI is InChI=1S/C25H25N7O3/c1-16-27-23(15-24(28-16)32-22-6-4-5-11-26-22)29-17-7-9-18(10-8-17)30-25(33)31-19-12-20(34-2)14-21(13-19)35-3/h4-15H,1-3H3,(H2,30,31,33)(H2,26,27,28,29,32). The molecule has 35 heavy (non-hydrogen) atoms. The summed E-state index contributed by atoms with van der Waals surface area (Å²) in [5, 5.41) is 12.0. The number of aryl methyl sites for hydroxylation is 1. The second kappa shape index (κ2) is 10.8. The van der Waals surface area contributed by atoms with Crippen molar-refractivity contribution in [3.05, 3.63) is 78.8 Å². The molecule has 0 unspecified atom stereocenters. The van der Waals surface area contributed by atoms with E-state index in [0.717, 1.165) is 5.69 Å². The summed E-state index contributed by atoms with van der Waals surface area (Å²) in [6.45, 7) is 1.82. The first kappa shape index (κ1) is 23.3. The number of nitrogens with one attached hydrogen (secondary N) is 4. The highest BCUT2D eigenvalue weighted by atomic mass is 16.5. The Kier molecular flexibility index (Phi) is 7.22. The van der Waals surface area contributed by atoms with Crippen LogP contribution in [-0.2, 0) is 0 Å². The van der Waals surface area contributed by atoms with E-state index in [1.165, 1.54) is 0 Å². The summed E-state index contributed by atoms with van der Waals surface area (Å²) in [6, 6.07) is 19.4. The molecule has 4 aromatic rings. The molecule has 0 saturated carbocycles. The van der Waals surface area contributed by atoms with Crippen molar-refractivity contribution in [1.82, 2.24) is 15.0 Å². The number of methoxy groups -OCH3 is 2. The lowest BCUT2D eigenvalue weighted by molar-refractivity contribution is 0.262. The van der Waals surface area contributed by atoms with Crippen LogP contribution in [-0.4, -0.2) is 35.2 Å². The Hall–Kier alpha value is -4.86. The Bertz CT molecular complexity index is 1280. The summed E-state index contributed by atoms with van der Waals surface area (Å²) in [5.74, 6) is 3.71. The number of pyridine rings is 1. The van der Waals surface area contributed by atoms with Gasteiger partial charge in [-0.05, 0) is 43.3 Å². The number of amides is 2. The maximum atomic E-state index is 12.4. The van der Waals surface area contributed by atoms with Gasteiger partial charge in [-0.1, -0.05) is 6.07 Å². The van der Waals surface area contributed by atoms with Crippen molar-refractivity contribution in [3.8, 4) is 11.5 Å². The molecule has 0 aliphatic heterocycles. The zero-order valence-electron chi connectivity index (χ0n) is 19.5. The summed E-state index contributed by atoms with van der Waals surface area (Å²) < 4.78 is 10.5. The average molecular weight is 472 g/mol. The zero-order chi connectivity index (χ0) is 24.6. The van der Waals surface area contributed by atoms with E-state index < -0.39 is 6.03 Å². The van der Waals surface area contributed by atoms with Gasteiger partial charge < -0.3 is 30.7 Å². The fraction of sp³-hybridized carbons (Fsp3) is 0.120. The quantitative estimate of drug-likeness (QED) is 0.272. The normalized spacial score (nSPS) is 10.3. The van der Waals surface area contributed by atoms with Gasteiger partial charge in [0, 0.05) is 47.5 Å². The van der Waals surface area contributed by atoms with Crippen LogP contribution in [0.25, 0.3) is 0 Å². The van der Waals surface area contributed by atoms with Gasteiger partial charge in [0.05, 0.1) is 14.2 Å². The van der Waals surface area contributed by atoms with Crippen LogP contribution in [0.15, 0.2) is 72.9 Å². The Labute approximate surface area is 202 Å². The highest BCUT2D eigenvalue weighted by molar-refractivity contribution is 6.00. The molecule has 178 valence electrons. The largest absolute Gasteiger partial charge is 0.497 e. The van der Waals surface area contributed by atoms with Crippen molar-refractivity contribution >= 4 is 40.5 Å². The molecule has 4 N–H and O–H groups in total. The second-order valence-electron chi connectivity index (χ2n) is 7.41. The first-order valence-corrected chi connectivity index (χ1v) is 10.7. The van der Waals surface area contributed by atoms with Crippen LogP contribution < -0.4 is 30.7 Å². The molecule has 4 rings (SSSR count). The highest BCUT2D eigenvalue weighted by Gasteiger charge is 2.08. The maximum absolute atomic E-state index is 12.4. The van der Waals surface area contributed by atoms with Crippen molar-refractivity contribution in [3.63, 3.8) is 0 Å².